The molecule has 162 valence electrons. The number of carbonyl (C=O) groups is 3. The molecule has 0 aromatic carbocycles. The van der Waals surface area contributed by atoms with Crippen LogP contribution in [0.4, 0.5) is 13.2 Å². The zero-order valence-corrected chi connectivity index (χ0v) is 15.5. The first-order chi connectivity index (χ1) is 12.7. The predicted octanol–water partition coefficient (Wildman–Crippen LogP) is -0.635. The van der Waals surface area contributed by atoms with Gasteiger partial charge in [-0.25, -0.2) is 0 Å². The Morgan fingerprint density at radius 1 is 0.964 bits per heavy atom. The van der Waals surface area contributed by atoms with Gasteiger partial charge in [-0.15, -0.1) is 0 Å². The quantitative estimate of drug-likeness (QED) is 0.244. The summed E-state index contributed by atoms with van der Waals surface area (Å²) in [6, 6.07) is 0. The first-order valence-corrected chi connectivity index (χ1v) is 8.87. The number of halogens is 3. The van der Waals surface area contributed by atoms with Crippen LogP contribution in [0.1, 0.15) is 20.8 Å². The van der Waals surface area contributed by atoms with Crippen molar-refractivity contribution >= 4 is 28.0 Å². The molecule has 0 aromatic rings. The van der Waals surface area contributed by atoms with E-state index in [2.05, 4.69) is 8.92 Å². The van der Waals surface area contributed by atoms with Crippen molar-refractivity contribution in [2.75, 3.05) is 6.61 Å². The van der Waals surface area contributed by atoms with Crippen molar-refractivity contribution in [3.8, 4) is 0 Å². The van der Waals surface area contributed by atoms with Gasteiger partial charge in [-0.3, -0.25) is 18.6 Å². The Balaban J connectivity index is 3.29. The molecule has 1 heterocycles. The number of hydrogen-bond acceptors (Lipinski definition) is 11. The fourth-order valence-corrected chi connectivity index (χ4v) is 2.80. The van der Waals surface area contributed by atoms with Crippen molar-refractivity contribution < 1.29 is 64.2 Å². The van der Waals surface area contributed by atoms with Crippen molar-refractivity contribution in [2.24, 2.45) is 0 Å². The molecule has 0 saturated carbocycles. The number of carbonyl (C=O) groups excluding carboxylic acids is 3. The zero-order valence-electron chi connectivity index (χ0n) is 14.7. The molecule has 1 saturated heterocycles. The summed E-state index contributed by atoms with van der Waals surface area (Å²) in [5.41, 5.74) is -5.86. The third-order valence-electron chi connectivity index (χ3n) is 3.19. The third kappa shape index (κ3) is 6.29. The molecule has 0 unspecified atom stereocenters. The number of aliphatic hydroxyl groups is 1. The fraction of sp³-hybridized carbons (Fsp3) is 0.769. The molecule has 1 rings (SSSR count). The molecule has 0 spiro atoms. The molecule has 0 bridgehead atoms. The van der Waals surface area contributed by atoms with Gasteiger partial charge in [0.2, 0.25) is 0 Å². The summed E-state index contributed by atoms with van der Waals surface area (Å²) >= 11 is 0. The van der Waals surface area contributed by atoms with Gasteiger partial charge in [0.25, 0.3) is 0 Å². The molecule has 1 aliphatic rings. The molecule has 0 amide bonds. The minimum atomic E-state index is -6.25. The highest BCUT2D eigenvalue weighted by Crippen LogP contribution is 2.33. The van der Waals surface area contributed by atoms with Crippen molar-refractivity contribution in [2.45, 2.75) is 57.0 Å². The summed E-state index contributed by atoms with van der Waals surface area (Å²) in [5.74, 6) is -2.96. The fourth-order valence-electron chi connectivity index (χ4n) is 2.19. The Labute approximate surface area is 156 Å². The molecular weight excluding hydrogens is 421 g/mol. The molecular formula is C13H17F3O11S. The lowest BCUT2D eigenvalue weighted by Gasteiger charge is -2.42. The average molecular weight is 438 g/mol. The van der Waals surface area contributed by atoms with E-state index >= 15 is 0 Å². The standard InChI is InChI=1S/C13H17F3O11S/c1-5(17)23-4-8-9(24-6(2)18)10(25-7(3)19)11(12(20)26-8)27-28(21,22)13(14,15)16/h8-12,20H,4H2,1-3H3/t8-,9+,10+,11-,12-/m1/s1. The molecule has 0 aromatic heterocycles. The number of hydrogen-bond donors (Lipinski definition) is 1. The highest BCUT2D eigenvalue weighted by molar-refractivity contribution is 7.87. The first kappa shape index (κ1) is 24.1. The van der Waals surface area contributed by atoms with Crippen molar-refractivity contribution in [3.05, 3.63) is 0 Å². The number of alkyl halides is 3. The van der Waals surface area contributed by atoms with E-state index in [0.29, 0.717) is 0 Å². The Morgan fingerprint density at radius 2 is 1.46 bits per heavy atom. The Kier molecular flexibility index (Phi) is 7.75. The molecule has 15 heteroatoms. The van der Waals surface area contributed by atoms with Crippen molar-refractivity contribution in [1.82, 2.24) is 0 Å². The van der Waals surface area contributed by atoms with E-state index in [1.165, 1.54) is 0 Å². The van der Waals surface area contributed by atoms with Crippen LogP contribution in [0.25, 0.3) is 0 Å². The summed E-state index contributed by atoms with van der Waals surface area (Å²) in [4.78, 5) is 33.6. The minimum Gasteiger partial charge on any atom is -0.463 e. The average Bonchev–Trinajstić information content (AvgIpc) is 2.49. The minimum absolute atomic E-state index is 0.666. The lowest BCUT2D eigenvalue weighted by molar-refractivity contribution is -0.288. The van der Waals surface area contributed by atoms with Gasteiger partial charge in [-0.2, -0.15) is 21.6 Å². The molecule has 1 aliphatic heterocycles. The highest BCUT2D eigenvalue weighted by Gasteiger charge is 2.56. The van der Waals surface area contributed by atoms with Crippen LogP contribution in [0.5, 0.6) is 0 Å². The second-order valence-electron chi connectivity index (χ2n) is 5.48. The maximum atomic E-state index is 12.6. The number of aliphatic hydroxyl groups excluding tert-OH is 1. The predicted molar refractivity (Wildman–Crippen MR) is 78.5 cm³/mol. The highest BCUT2D eigenvalue weighted by atomic mass is 32.2. The largest absolute Gasteiger partial charge is 0.523 e. The second kappa shape index (κ2) is 9.02. The van der Waals surface area contributed by atoms with Crippen LogP contribution >= 0.6 is 0 Å². The van der Waals surface area contributed by atoms with Crippen LogP contribution in [0.2, 0.25) is 0 Å². The molecule has 11 nitrogen and oxygen atoms in total. The Bertz CT molecular complexity index is 705. The van der Waals surface area contributed by atoms with Crippen LogP contribution in [0.15, 0.2) is 0 Å². The summed E-state index contributed by atoms with van der Waals surface area (Å²) in [7, 11) is -6.25. The lowest BCUT2D eigenvalue weighted by atomic mass is 9.98. The monoisotopic (exact) mass is 438 g/mol. The van der Waals surface area contributed by atoms with E-state index in [0.717, 1.165) is 20.8 Å². The lowest BCUT2D eigenvalue weighted by Crippen LogP contribution is -2.62. The SMILES string of the molecule is CC(=O)OC[C@H]1O[C@@H](O)[C@H](OS(=O)(=O)C(F)(F)F)[C@@H](OC(C)=O)[C@H]1OC(C)=O. The van der Waals surface area contributed by atoms with E-state index in [-0.39, 0.29) is 0 Å². The van der Waals surface area contributed by atoms with Crippen molar-refractivity contribution in [1.29, 1.82) is 0 Å². The normalized spacial score (nSPS) is 28.3. The Morgan fingerprint density at radius 3 is 1.89 bits per heavy atom. The van der Waals surface area contributed by atoms with E-state index in [1.54, 1.807) is 0 Å². The number of rotatable bonds is 6. The summed E-state index contributed by atoms with van der Waals surface area (Å²) in [5, 5.41) is 9.92. The van der Waals surface area contributed by atoms with Gasteiger partial charge in [0, 0.05) is 20.8 Å². The summed E-state index contributed by atoms with van der Waals surface area (Å²) in [6.07, 6.45) is -10.1. The van der Waals surface area contributed by atoms with Gasteiger partial charge in [0.15, 0.2) is 24.6 Å². The van der Waals surface area contributed by atoms with Crippen molar-refractivity contribution in [3.63, 3.8) is 0 Å². The first-order valence-electron chi connectivity index (χ1n) is 7.46. The van der Waals surface area contributed by atoms with Crippen LogP contribution < -0.4 is 0 Å². The second-order valence-corrected chi connectivity index (χ2v) is 7.04. The van der Waals surface area contributed by atoms with E-state index in [4.69, 9.17) is 14.2 Å². The third-order valence-corrected chi connectivity index (χ3v) is 4.23. The molecule has 5 atom stereocenters. The van der Waals surface area contributed by atoms with Gasteiger partial charge in [0.05, 0.1) is 0 Å². The van der Waals surface area contributed by atoms with E-state index < -0.39 is 70.8 Å². The van der Waals surface area contributed by atoms with Crippen LogP contribution in [-0.4, -0.2) is 74.3 Å². The molecule has 0 aliphatic carbocycles. The number of ether oxygens (including phenoxy) is 4. The van der Waals surface area contributed by atoms with Gasteiger partial charge in [-0.1, -0.05) is 0 Å². The topological polar surface area (TPSA) is 152 Å². The molecule has 0 radical (unpaired) electrons. The maximum Gasteiger partial charge on any atom is 0.523 e. The summed E-state index contributed by atoms with van der Waals surface area (Å²) < 4.78 is 83.5. The van der Waals surface area contributed by atoms with E-state index in [9.17, 15) is 41.1 Å². The molecule has 28 heavy (non-hydrogen) atoms. The zero-order chi connectivity index (χ0) is 21.9. The maximum absolute atomic E-state index is 12.6. The van der Waals surface area contributed by atoms with Gasteiger partial charge in [-0.05, 0) is 0 Å². The van der Waals surface area contributed by atoms with Crippen LogP contribution in [0.3, 0.4) is 0 Å². The van der Waals surface area contributed by atoms with Gasteiger partial charge < -0.3 is 24.1 Å². The smallest absolute Gasteiger partial charge is 0.463 e. The van der Waals surface area contributed by atoms with Gasteiger partial charge >= 0.3 is 33.5 Å². The number of esters is 3. The van der Waals surface area contributed by atoms with Gasteiger partial charge in [0.1, 0.15) is 12.7 Å². The Hall–Kier alpha value is -1.97. The molecule has 1 N–H and O–H groups in total. The van der Waals surface area contributed by atoms with E-state index in [1.807, 2.05) is 0 Å². The summed E-state index contributed by atoms with van der Waals surface area (Å²) in [6.45, 7) is 2.05. The molecule has 1 fully saturated rings. The van der Waals surface area contributed by atoms with Crippen LogP contribution in [-0.2, 0) is 47.6 Å². The van der Waals surface area contributed by atoms with Crippen LogP contribution in [0, 0.1) is 0 Å².